The van der Waals surface area contributed by atoms with Gasteiger partial charge in [0.25, 0.3) is 0 Å². The predicted molar refractivity (Wildman–Crippen MR) is 76.5 cm³/mol. The highest BCUT2D eigenvalue weighted by Gasteiger charge is 2.10. The van der Waals surface area contributed by atoms with Crippen molar-refractivity contribution in [3.8, 4) is 0 Å². The Hall–Kier alpha value is -1.55. The molecule has 4 nitrogen and oxygen atoms in total. The molecule has 1 N–H and O–H groups in total. The highest BCUT2D eigenvalue weighted by molar-refractivity contribution is 5.75. The molecule has 0 atom stereocenters. The monoisotopic (exact) mass is 262 g/mol. The number of hydrogen-bond acceptors (Lipinski definition) is 3. The van der Waals surface area contributed by atoms with Crippen LogP contribution in [0.3, 0.4) is 0 Å². The van der Waals surface area contributed by atoms with Crippen molar-refractivity contribution in [2.45, 2.75) is 19.8 Å². The first-order chi connectivity index (χ1) is 9.29. The number of nitrogens with zero attached hydrogens (tertiary/aromatic N) is 1. The van der Waals surface area contributed by atoms with Crippen LogP contribution < -0.4 is 10.2 Å². The molecule has 19 heavy (non-hydrogen) atoms. The van der Waals surface area contributed by atoms with Crippen molar-refractivity contribution in [2.75, 3.05) is 37.7 Å². The Labute approximate surface area is 114 Å². The quantitative estimate of drug-likeness (QED) is 0.876. The molecule has 1 aliphatic heterocycles. The number of morpholine rings is 1. The molecular weight excluding hydrogens is 240 g/mol. The van der Waals surface area contributed by atoms with E-state index in [2.05, 4.69) is 34.5 Å². The summed E-state index contributed by atoms with van der Waals surface area (Å²) in [5, 5.41) is 2.89. The zero-order chi connectivity index (χ0) is 13.5. The molecule has 1 fully saturated rings. The standard InChI is InChI=1S/C15H22N2O2/c1-2-15(18)16-8-7-13-3-5-14(6-4-13)17-9-11-19-12-10-17/h3-6H,2,7-12H2,1H3,(H,16,18). The third-order valence-electron chi connectivity index (χ3n) is 3.37. The minimum Gasteiger partial charge on any atom is -0.378 e. The molecule has 0 spiro atoms. The zero-order valence-corrected chi connectivity index (χ0v) is 11.5. The third kappa shape index (κ3) is 4.24. The van der Waals surface area contributed by atoms with E-state index < -0.39 is 0 Å². The van der Waals surface area contributed by atoms with Crippen molar-refractivity contribution in [1.29, 1.82) is 0 Å². The first kappa shape index (κ1) is 13.9. The van der Waals surface area contributed by atoms with Gasteiger partial charge in [-0.3, -0.25) is 4.79 Å². The molecule has 1 heterocycles. The number of carbonyl (C=O) groups is 1. The van der Waals surface area contributed by atoms with Crippen molar-refractivity contribution >= 4 is 11.6 Å². The number of anilines is 1. The van der Waals surface area contributed by atoms with E-state index in [-0.39, 0.29) is 5.91 Å². The van der Waals surface area contributed by atoms with Gasteiger partial charge in [-0.1, -0.05) is 19.1 Å². The highest BCUT2D eigenvalue weighted by Crippen LogP contribution is 2.16. The Morgan fingerprint density at radius 2 is 1.95 bits per heavy atom. The van der Waals surface area contributed by atoms with Gasteiger partial charge in [-0.2, -0.15) is 0 Å². The molecule has 1 aliphatic rings. The van der Waals surface area contributed by atoms with Gasteiger partial charge in [0.1, 0.15) is 0 Å². The van der Waals surface area contributed by atoms with Crippen molar-refractivity contribution < 1.29 is 9.53 Å². The van der Waals surface area contributed by atoms with Crippen LogP contribution in [0.1, 0.15) is 18.9 Å². The minimum absolute atomic E-state index is 0.116. The Balaban J connectivity index is 1.82. The molecule has 0 saturated carbocycles. The van der Waals surface area contributed by atoms with E-state index >= 15 is 0 Å². The summed E-state index contributed by atoms with van der Waals surface area (Å²) in [5.41, 5.74) is 2.51. The topological polar surface area (TPSA) is 41.6 Å². The van der Waals surface area contributed by atoms with Gasteiger partial charge >= 0.3 is 0 Å². The Morgan fingerprint density at radius 3 is 2.58 bits per heavy atom. The molecule has 2 rings (SSSR count). The molecule has 0 unspecified atom stereocenters. The van der Waals surface area contributed by atoms with E-state index in [1.165, 1.54) is 11.3 Å². The number of amides is 1. The number of nitrogens with one attached hydrogen (secondary N) is 1. The molecule has 1 aromatic rings. The second-order valence-electron chi connectivity index (χ2n) is 4.72. The summed E-state index contributed by atoms with van der Waals surface area (Å²) in [4.78, 5) is 13.5. The lowest BCUT2D eigenvalue weighted by Crippen LogP contribution is -2.36. The van der Waals surface area contributed by atoms with Crippen LogP contribution in [0.5, 0.6) is 0 Å². The first-order valence-electron chi connectivity index (χ1n) is 6.98. The van der Waals surface area contributed by atoms with Crippen LogP contribution in [0.2, 0.25) is 0 Å². The maximum atomic E-state index is 11.1. The van der Waals surface area contributed by atoms with E-state index in [0.717, 1.165) is 32.7 Å². The molecule has 0 radical (unpaired) electrons. The summed E-state index contributed by atoms with van der Waals surface area (Å²) in [6.45, 7) is 6.13. The molecule has 1 aromatic carbocycles. The largest absolute Gasteiger partial charge is 0.378 e. The van der Waals surface area contributed by atoms with E-state index in [1.54, 1.807) is 0 Å². The van der Waals surface area contributed by atoms with Gasteiger partial charge in [-0.25, -0.2) is 0 Å². The first-order valence-corrected chi connectivity index (χ1v) is 6.98. The van der Waals surface area contributed by atoms with Gasteiger partial charge in [0.05, 0.1) is 13.2 Å². The van der Waals surface area contributed by atoms with Crippen LogP contribution in [0.4, 0.5) is 5.69 Å². The molecule has 1 saturated heterocycles. The van der Waals surface area contributed by atoms with Crippen LogP contribution in [-0.4, -0.2) is 38.8 Å². The Kier molecular flexibility index (Phi) is 5.21. The van der Waals surface area contributed by atoms with Crippen molar-refractivity contribution in [3.63, 3.8) is 0 Å². The lowest BCUT2D eigenvalue weighted by molar-refractivity contribution is -0.120. The number of benzene rings is 1. The number of hydrogen-bond donors (Lipinski definition) is 1. The van der Waals surface area contributed by atoms with Gasteiger partial charge in [0.15, 0.2) is 0 Å². The van der Waals surface area contributed by atoms with E-state index in [1.807, 2.05) is 6.92 Å². The molecule has 1 amide bonds. The molecule has 0 aromatic heterocycles. The normalized spacial score (nSPS) is 15.3. The minimum atomic E-state index is 0.116. The van der Waals surface area contributed by atoms with Crippen LogP contribution in [0.15, 0.2) is 24.3 Å². The molecule has 0 bridgehead atoms. The van der Waals surface area contributed by atoms with Gasteiger partial charge < -0.3 is 15.0 Å². The van der Waals surface area contributed by atoms with E-state index in [0.29, 0.717) is 13.0 Å². The van der Waals surface area contributed by atoms with Gasteiger partial charge in [0.2, 0.25) is 5.91 Å². The Morgan fingerprint density at radius 1 is 1.26 bits per heavy atom. The maximum Gasteiger partial charge on any atom is 0.219 e. The summed E-state index contributed by atoms with van der Waals surface area (Å²) in [6, 6.07) is 8.59. The average Bonchev–Trinajstić information content (AvgIpc) is 2.48. The van der Waals surface area contributed by atoms with Crippen LogP contribution in [0.25, 0.3) is 0 Å². The fraction of sp³-hybridized carbons (Fsp3) is 0.533. The van der Waals surface area contributed by atoms with Crippen LogP contribution in [0, 0.1) is 0 Å². The molecular formula is C15H22N2O2. The predicted octanol–water partition coefficient (Wildman–Crippen LogP) is 1.59. The summed E-state index contributed by atoms with van der Waals surface area (Å²) >= 11 is 0. The van der Waals surface area contributed by atoms with Crippen LogP contribution >= 0.6 is 0 Å². The molecule has 104 valence electrons. The lowest BCUT2D eigenvalue weighted by atomic mass is 10.1. The second-order valence-corrected chi connectivity index (χ2v) is 4.72. The maximum absolute atomic E-state index is 11.1. The molecule has 0 aliphatic carbocycles. The van der Waals surface area contributed by atoms with Crippen LogP contribution in [-0.2, 0) is 16.0 Å². The average molecular weight is 262 g/mol. The third-order valence-corrected chi connectivity index (χ3v) is 3.37. The number of carbonyl (C=O) groups excluding carboxylic acids is 1. The fourth-order valence-corrected chi connectivity index (χ4v) is 2.17. The van der Waals surface area contributed by atoms with Crippen molar-refractivity contribution in [2.24, 2.45) is 0 Å². The highest BCUT2D eigenvalue weighted by atomic mass is 16.5. The van der Waals surface area contributed by atoms with Crippen molar-refractivity contribution in [1.82, 2.24) is 5.32 Å². The smallest absolute Gasteiger partial charge is 0.219 e. The Bertz CT molecular complexity index is 397. The van der Waals surface area contributed by atoms with E-state index in [4.69, 9.17) is 4.74 Å². The number of rotatable bonds is 5. The molecule has 4 heteroatoms. The SMILES string of the molecule is CCC(=O)NCCc1ccc(N2CCOCC2)cc1. The summed E-state index contributed by atoms with van der Waals surface area (Å²) in [7, 11) is 0. The number of ether oxygens (including phenoxy) is 1. The van der Waals surface area contributed by atoms with Gasteiger partial charge in [0, 0.05) is 31.7 Å². The van der Waals surface area contributed by atoms with Gasteiger partial charge in [-0.15, -0.1) is 0 Å². The zero-order valence-electron chi connectivity index (χ0n) is 11.5. The lowest BCUT2D eigenvalue weighted by Gasteiger charge is -2.28. The summed E-state index contributed by atoms with van der Waals surface area (Å²) in [6.07, 6.45) is 1.44. The van der Waals surface area contributed by atoms with Crippen molar-refractivity contribution in [3.05, 3.63) is 29.8 Å². The van der Waals surface area contributed by atoms with Gasteiger partial charge in [-0.05, 0) is 24.1 Å². The summed E-state index contributed by atoms with van der Waals surface area (Å²) < 4.78 is 5.35. The second kappa shape index (κ2) is 7.14. The van der Waals surface area contributed by atoms with E-state index in [9.17, 15) is 4.79 Å². The summed E-state index contributed by atoms with van der Waals surface area (Å²) in [5.74, 6) is 0.116. The fourth-order valence-electron chi connectivity index (χ4n) is 2.17.